The van der Waals surface area contributed by atoms with Crippen LogP contribution in [0.3, 0.4) is 0 Å². The van der Waals surface area contributed by atoms with Gasteiger partial charge in [-0.1, -0.05) is 12.1 Å². The van der Waals surface area contributed by atoms with Crippen molar-refractivity contribution in [3.63, 3.8) is 0 Å². The van der Waals surface area contributed by atoms with Gasteiger partial charge < -0.3 is 15.2 Å². The Morgan fingerprint density at radius 2 is 2.24 bits per heavy atom. The summed E-state index contributed by atoms with van der Waals surface area (Å²) >= 11 is 0. The summed E-state index contributed by atoms with van der Waals surface area (Å²) in [6.07, 6.45) is 2.28. The summed E-state index contributed by atoms with van der Waals surface area (Å²) in [7, 11) is 0. The number of anilines is 1. The molecule has 1 aromatic heterocycles. The van der Waals surface area contributed by atoms with Crippen LogP contribution in [-0.2, 0) is 6.42 Å². The average molecular weight is 281 g/mol. The summed E-state index contributed by atoms with van der Waals surface area (Å²) in [5, 5.41) is 9.14. The molecular formula is C16H15N3O2. The summed E-state index contributed by atoms with van der Waals surface area (Å²) in [5.41, 5.74) is 7.18. The molecule has 0 amide bonds. The van der Waals surface area contributed by atoms with E-state index in [1.54, 1.807) is 6.07 Å². The van der Waals surface area contributed by atoms with E-state index in [1.165, 1.54) is 12.3 Å². The molecule has 3 rings (SSSR count). The van der Waals surface area contributed by atoms with E-state index in [0.717, 1.165) is 12.0 Å². The third-order valence-electron chi connectivity index (χ3n) is 3.25. The zero-order valence-corrected chi connectivity index (χ0v) is 11.9. The Kier molecular flexibility index (Phi) is 2.95. The van der Waals surface area contributed by atoms with Crippen LogP contribution in [0.15, 0.2) is 30.5 Å². The molecule has 0 radical (unpaired) electrons. The third kappa shape index (κ3) is 2.48. The number of nitriles is 1. The van der Waals surface area contributed by atoms with E-state index in [1.807, 2.05) is 32.0 Å². The van der Waals surface area contributed by atoms with Crippen molar-refractivity contribution in [1.29, 1.82) is 5.26 Å². The second kappa shape index (κ2) is 4.67. The highest BCUT2D eigenvalue weighted by Gasteiger charge is 2.32. The number of nitrogens with two attached hydrogens (primary N) is 1. The molecule has 0 saturated carbocycles. The van der Waals surface area contributed by atoms with Gasteiger partial charge in [-0.25, -0.2) is 4.98 Å². The molecule has 1 aliphatic heterocycles. The average Bonchev–Trinajstić information content (AvgIpc) is 2.75. The number of para-hydroxylation sites is 1. The molecule has 2 heterocycles. The lowest BCUT2D eigenvalue weighted by molar-refractivity contribution is 0.135. The van der Waals surface area contributed by atoms with Crippen LogP contribution >= 0.6 is 0 Å². The Morgan fingerprint density at radius 3 is 3.00 bits per heavy atom. The number of benzene rings is 1. The molecule has 0 spiro atoms. The summed E-state index contributed by atoms with van der Waals surface area (Å²) in [6, 6.07) is 9.29. The molecular weight excluding hydrogens is 266 g/mol. The highest BCUT2D eigenvalue weighted by Crippen LogP contribution is 2.43. The molecule has 1 aliphatic rings. The van der Waals surface area contributed by atoms with E-state index in [0.29, 0.717) is 22.7 Å². The van der Waals surface area contributed by atoms with Gasteiger partial charge in [-0.3, -0.25) is 0 Å². The Balaban J connectivity index is 1.98. The van der Waals surface area contributed by atoms with Crippen molar-refractivity contribution in [3.8, 4) is 23.4 Å². The number of fused-ring (bicyclic) bond motifs is 1. The second-order valence-corrected chi connectivity index (χ2v) is 5.62. The number of ether oxygens (including phenoxy) is 2. The van der Waals surface area contributed by atoms with Crippen LogP contribution in [0, 0.1) is 11.3 Å². The van der Waals surface area contributed by atoms with Crippen molar-refractivity contribution in [3.05, 3.63) is 41.6 Å². The number of hydrogen-bond donors (Lipinski definition) is 1. The SMILES string of the molecule is CC1(C)Cc2cccc(Oc3ncc(N)cc3C#N)c2O1. The van der Waals surface area contributed by atoms with Crippen molar-refractivity contribution in [2.45, 2.75) is 25.9 Å². The highest BCUT2D eigenvalue weighted by atomic mass is 16.5. The molecule has 0 atom stereocenters. The number of nitrogen functional groups attached to an aromatic ring is 1. The van der Waals surface area contributed by atoms with Gasteiger partial charge in [0.1, 0.15) is 17.2 Å². The Labute approximate surface area is 122 Å². The van der Waals surface area contributed by atoms with Gasteiger partial charge in [0.15, 0.2) is 11.5 Å². The van der Waals surface area contributed by atoms with Crippen molar-refractivity contribution in [1.82, 2.24) is 4.98 Å². The maximum atomic E-state index is 9.14. The van der Waals surface area contributed by atoms with Gasteiger partial charge in [-0.05, 0) is 26.0 Å². The van der Waals surface area contributed by atoms with Crippen molar-refractivity contribution in [2.75, 3.05) is 5.73 Å². The number of aromatic nitrogens is 1. The molecule has 5 nitrogen and oxygen atoms in total. The summed E-state index contributed by atoms with van der Waals surface area (Å²) < 4.78 is 11.7. The van der Waals surface area contributed by atoms with Crippen LogP contribution in [0.2, 0.25) is 0 Å². The fourth-order valence-electron chi connectivity index (χ4n) is 2.40. The van der Waals surface area contributed by atoms with Crippen LogP contribution < -0.4 is 15.2 Å². The van der Waals surface area contributed by atoms with E-state index < -0.39 is 0 Å². The fourth-order valence-corrected chi connectivity index (χ4v) is 2.40. The van der Waals surface area contributed by atoms with Gasteiger partial charge >= 0.3 is 0 Å². The zero-order valence-electron chi connectivity index (χ0n) is 11.9. The first-order valence-corrected chi connectivity index (χ1v) is 6.63. The van der Waals surface area contributed by atoms with Crippen molar-refractivity contribution >= 4 is 5.69 Å². The van der Waals surface area contributed by atoms with E-state index in [2.05, 4.69) is 4.98 Å². The number of rotatable bonds is 2. The van der Waals surface area contributed by atoms with Gasteiger partial charge in [0, 0.05) is 12.0 Å². The first-order chi connectivity index (χ1) is 9.98. The largest absolute Gasteiger partial charge is 0.483 e. The maximum absolute atomic E-state index is 9.14. The Bertz CT molecular complexity index is 748. The molecule has 0 aliphatic carbocycles. The van der Waals surface area contributed by atoms with Crippen molar-refractivity contribution < 1.29 is 9.47 Å². The minimum atomic E-state index is -0.256. The first kappa shape index (κ1) is 13.3. The molecule has 0 bridgehead atoms. The minimum absolute atomic E-state index is 0.230. The third-order valence-corrected chi connectivity index (χ3v) is 3.25. The molecule has 21 heavy (non-hydrogen) atoms. The second-order valence-electron chi connectivity index (χ2n) is 5.62. The van der Waals surface area contributed by atoms with E-state index >= 15 is 0 Å². The maximum Gasteiger partial charge on any atom is 0.237 e. The summed E-state index contributed by atoms with van der Waals surface area (Å²) in [4.78, 5) is 4.08. The lowest BCUT2D eigenvalue weighted by Crippen LogP contribution is -2.24. The molecule has 1 aromatic carbocycles. The van der Waals surface area contributed by atoms with Gasteiger partial charge in [-0.15, -0.1) is 0 Å². The molecule has 2 aromatic rings. The van der Waals surface area contributed by atoms with Crippen molar-refractivity contribution in [2.24, 2.45) is 0 Å². The predicted octanol–water partition coefficient (Wildman–Crippen LogP) is 3.04. The van der Waals surface area contributed by atoms with Crippen LogP contribution in [-0.4, -0.2) is 10.6 Å². The number of hydrogen-bond acceptors (Lipinski definition) is 5. The standard InChI is InChI=1S/C16H15N3O2/c1-16(2)7-10-4-3-5-13(14(10)21-16)20-15-11(8-17)6-12(18)9-19-15/h3-6,9H,7,18H2,1-2H3. The monoisotopic (exact) mass is 281 g/mol. The van der Waals surface area contributed by atoms with Crippen LogP contribution in [0.5, 0.6) is 17.4 Å². The van der Waals surface area contributed by atoms with E-state index in [4.69, 9.17) is 20.5 Å². The summed E-state index contributed by atoms with van der Waals surface area (Å²) in [5.74, 6) is 1.50. The van der Waals surface area contributed by atoms with E-state index in [-0.39, 0.29) is 11.5 Å². The number of nitrogens with zero attached hydrogens (tertiary/aromatic N) is 2. The molecule has 5 heteroatoms. The molecule has 106 valence electrons. The van der Waals surface area contributed by atoms with E-state index in [9.17, 15) is 0 Å². The number of pyridine rings is 1. The van der Waals surface area contributed by atoms with Crippen LogP contribution in [0.1, 0.15) is 25.0 Å². The van der Waals surface area contributed by atoms with Gasteiger partial charge in [0.2, 0.25) is 5.88 Å². The molecule has 0 unspecified atom stereocenters. The minimum Gasteiger partial charge on any atom is -0.483 e. The lowest BCUT2D eigenvalue weighted by atomic mass is 10.0. The molecule has 0 saturated heterocycles. The predicted molar refractivity (Wildman–Crippen MR) is 78.3 cm³/mol. The Morgan fingerprint density at radius 1 is 1.43 bits per heavy atom. The molecule has 2 N–H and O–H groups in total. The quantitative estimate of drug-likeness (QED) is 0.915. The van der Waals surface area contributed by atoms with Gasteiger partial charge in [0.25, 0.3) is 0 Å². The lowest BCUT2D eigenvalue weighted by Gasteiger charge is -2.18. The molecule has 0 fully saturated rings. The van der Waals surface area contributed by atoms with Gasteiger partial charge in [-0.2, -0.15) is 5.26 Å². The van der Waals surface area contributed by atoms with Crippen LogP contribution in [0.4, 0.5) is 5.69 Å². The van der Waals surface area contributed by atoms with Gasteiger partial charge in [0.05, 0.1) is 11.9 Å². The first-order valence-electron chi connectivity index (χ1n) is 6.63. The summed E-state index contributed by atoms with van der Waals surface area (Å²) in [6.45, 7) is 4.05. The topological polar surface area (TPSA) is 81.2 Å². The highest BCUT2D eigenvalue weighted by molar-refractivity contribution is 5.54. The van der Waals surface area contributed by atoms with Crippen LogP contribution in [0.25, 0.3) is 0 Å². The smallest absolute Gasteiger partial charge is 0.237 e. The zero-order chi connectivity index (χ0) is 15.0. The Hall–Kier alpha value is -2.74. The normalized spacial score (nSPS) is 14.9. The fraction of sp³-hybridized carbons (Fsp3) is 0.250.